The van der Waals surface area contributed by atoms with Crippen LogP contribution < -0.4 is 0 Å². The number of ether oxygens (including phenoxy) is 1. The van der Waals surface area contributed by atoms with E-state index in [4.69, 9.17) is 4.74 Å². The minimum atomic E-state index is -0.0254. The molecule has 16 heavy (non-hydrogen) atoms. The predicted octanol–water partition coefficient (Wildman–Crippen LogP) is 4.03. The number of hydrogen-bond acceptors (Lipinski definition) is 3. The van der Waals surface area contributed by atoms with Crippen molar-refractivity contribution in [2.75, 3.05) is 18.6 Å². The normalized spacial score (nSPS) is 10.4. The van der Waals surface area contributed by atoms with Crippen LogP contribution in [0.4, 0.5) is 0 Å². The van der Waals surface area contributed by atoms with Crippen LogP contribution in [0.2, 0.25) is 0 Å². The van der Waals surface area contributed by atoms with Gasteiger partial charge in [-0.1, -0.05) is 39.0 Å². The van der Waals surface area contributed by atoms with Crippen LogP contribution in [0.1, 0.15) is 58.3 Å². The molecule has 0 aromatic carbocycles. The van der Waals surface area contributed by atoms with Crippen molar-refractivity contribution in [3.8, 4) is 0 Å². The number of esters is 1. The summed E-state index contributed by atoms with van der Waals surface area (Å²) in [6, 6.07) is 0. The van der Waals surface area contributed by atoms with Gasteiger partial charge in [-0.3, -0.25) is 4.79 Å². The smallest absolute Gasteiger partial charge is 0.305 e. The number of hydrogen-bond donors (Lipinski definition) is 0. The van der Waals surface area contributed by atoms with Gasteiger partial charge in [0.15, 0.2) is 0 Å². The Labute approximate surface area is 105 Å². The SMILES string of the molecule is CCCCCCCCOC(=O)CCCSC. The van der Waals surface area contributed by atoms with Crippen molar-refractivity contribution in [1.29, 1.82) is 0 Å². The molecule has 0 spiro atoms. The lowest BCUT2D eigenvalue weighted by atomic mass is 10.1. The summed E-state index contributed by atoms with van der Waals surface area (Å²) >= 11 is 1.78. The number of thioether (sulfide) groups is 1. The van der Waals surface area contributed by atoms with E-state index < -0.39 is 0 Å². The maximum atomic E-state index is 11.2. The lowest BCUT2D eigenvalue weighted by Crippen LogP contribution is -2.06. The molecule has 96 valence electrons. The molecule has 0 unspecified atom stereocenters. The highest BCUT2D eigenvalue weighted by molar-refractivity contribution is 7.98. The molecule has 0 saturated carbocycles. The van der Waals surface area contributed by atoms with E-state index in [1.807, 2.05) is 0 Å². The molecule has 0 saturated heterocycles. The third-order valence-electron chi connectivity index (χ3n) is 2.49. The van der Waals surface area contributed by atoms with E-state index in [1.54, 1.807) is 11.8 Å². The second-order valence-electron chi connectivity index (χ2n) is 4.08. The first kappa shape index (κ1) is 15.8. The molecule has 0 aliphatic rings. The maximum Gasteiger partial charge on any atom is 0.305 e. The first-order valence-corrected chi connectivity index (χ1v) is 7.85. The molecule has 0 radical (unpaired) electrons. The van der Waals surface area contributed by atoms with Gasteiger partial charge in [0, 0.05) is 6.42 Å². The highest BCUT2D eigenvalue weighted by Gasteiger charge is 2.01. The Bertz CT molecular complexity index is 160. The quantitative estimate of drug-likeness (QED) is 0.406. The Morgan fingerprint density at radius 3 is 2.44 bits per heavy atom. The molecule has 0 aromatic heterocycles. The van der Waals surface area contributed by atoms with Gasteiger partial charge < -0.3 is 4.74 Å². The third kappa shape index (κ3) is 11.9. The van der Waals surface area contributed by atoms with Gasteiger partial charge in [-0.25, -0.2) is 0 Å². The number of unbranched alkanes of at least 4 members (excludes halogenated alkanes) is 5. The van der Waals surface area contributed by atoms with Crippen molar-refractivity contribution in [2.45, 2.75) is 58.3 Å². The van der Waals surface area contributed by atoms with Crippen LogP contribution in [0.15, 0.2) is 0 Å². The molecule has 0 N–H and O–H groups in total. The molecule has 0 atom stereocenters. The van der Waals surface area contributed by atoms with E-state index in [-0.39, 0.29) is 5.97 Å². The van der Waals surface area contributed by atoms with Crippen molar-refractivity contribution in [2.24, 2.45) is 0 Å². The fourth-order valence-electron chi connectivity index (χ4n) is 1.50. The second-order valence-corrected chi connectivity index (χ2v) is 5.07. The molecule has 0 rings (SSSR count). The van der Waals surface area contributed by atoms with E-state index in [0.717, 1.165) is 18.6 Å². The summed E-state index contributed by atoms with van der Waals surface area (Å²) in [7, 11) is 0. The predicted molar refractivity (Wildman–Crippen MR) is 72.0 cm³/mol. The van der Waals surface area contributed by atoms with E-state index in [0.29, 0.717) is 13.0 Å². The largest absolute Gasteiger partial charge is 0.466 e. The van der Waals surface area contributed by atoms with Crippen molar-refractivity contribution in [1.82, 2.24) is 0 Å². The fraction of sp³-hybridized carbons (Fsp3) is 0.923. The summed E-state index contributed by atoms with van der Waals surface area (Å²) in [5.74, 6) is 1.02. The molecule has 2 nitrogen and oxygen atoms in total. The Kier molecular flexibility index (Phi) is 12.7. The standard InChI is InChI=1S/C13H26O2S/c1-3-4-5-6-7-8-11-15-13(14)10-9-12-16-2/h3-12H2,1-2H3. The average Bonchev–Trinajstić information content (AvgIpc) is 2.28. The summed E-state index contributed by atoms with van der Waals surface area (Å²) < 4.78 is 5.15. The summed E-state index contributed by atoms with van der Waals surface area (Å²) in [6.45, 7) is 2.83. The summed E-state index contributed by atoms with van der Waals surface area (Å²) in [4.78, 5) is 11.2. The second kappa shape index (κ2) is 12.9. The Hall–Kier alpha value is -0.180. The Balaban J connectivity index is 3.09. The first-order valence-electron chi connectivity index (χ1n) is 6.45. The Morgan fingerprint density at radius 1 is 1.06 bits per heavy atom. The molecular formula is C13H26O2S. The zero-order chi connectivity index (χ0) is 12.1. The van der Waals surface area contributed by atoms with Crippen LogP contribution in [0, 0.1) is 0 Å². The topological polar surface area (TPSA) is 26.3 Å². The van der Waals surface area contributed by atoms with Crippen LogP contribution in [0.5, 0.6) is 0 Å². The van der Waals surface area contributed by atoms with E-state index in [2.05, 4.69) is 13.2 Å². The van der Waals surface area contributed by atoms with Gasteiger partial charge in [0.2, 0.25) is 0 Å². The van der Waals surface area contributed by atoms with E-state index in [9.17, 15) is 4.79 Å². The number of carbonyl (C=O) groups excluding carboxylic acids is 1. The van der Waals surface area contributed by atoms with Crippen LogP contribution in [0.3, 0.4) is 0 Å². The van der Waals surface area contributed by atoms with Crippen molar-refractivity contribution in [3.05, 3.63) is 0 Å². The van der Waals surface area contributed by atoms with Gasteiger partial charge in [-0.05, 0) is 24.9 Å². The third-order valence-corrected chi connectivity index (χ3v) is 3.19. The molecule has 3 heteroatoms. The molecule has 0 amide bonds. The maximum absolute atomic E-state index is 11.2. The minimum absolute atomic E-state index is 0.0254. The summed E-state index contributed by atoms with van der Waals surface area (Å²) in [5, 5.41) is 0. The zero-order valence-corrected chi connectivity index (χ0v) is 11.6. The molecular weight excluding hydrogens is 220 g/mol. The molecule has 0 aromatic rings. The molecule has 0 fully saturated rings. The van der Waals surface area contributed by atoms with Gasteiger partial charge in [-0.2, -0.15) is 11.8 Å². The lowest BCUT2D eigenvalue weighted by Gasteiger charge is -2.04. The van der Waals surface area contributed by atoms with Crippen molar-refractivity contribution >= 4 is 17.7 Å². The van der Waals surface area contributed by atoms with Gasteiger partial charge in [0.05, 0.1) is 6.61 Å². The van der Waals surface area contributed by atoms with Gasteiger partial charge in [-0.15, -0.1) is 0 Å². The van der Waals surface area contributed by atoms with Gasteiger partial charge in [0.25, 0.3) is 0 Å². The van der Waals surface area contributed by atoms with Gasteiger partial charge in [0.1, 0.15) is 0 Å². The first-order chi connectivity index (χ1) is 7.81. The highest BCUT2D eigenvalue weighted by atomic mass is 32.2. The molecule has 0 bridgehead atoms. The number of rotatable bonds is 11. The summed E-state index contributed by atoms with van der Waals surface area (Å²) in [5.41, 5.74) is 0. The zero-order valence-electron chi connectivity index (χ0n) is 10.8. The summed E-state index contributed by atoms with van der Waals surface area (Å²) in [6.07, 6.45) is 11.0. The van der Waals surface area contributed by atoms with Crippen LogP contribution in [-0.4, -0.2) is 24.6 Å². The van der Waals surface area contributed by atoms with E-state index in [1.165, 1.54) is 32.1 Å². The lowest BCUT2D eigenvalue weighted by molar-refractivity contribution is -0.143. The fourth-order valence-corrected chi connectivity index (χ4v) is 1.93. The molecule has 0 aliphatic carbocycles. The molecule has 0 heterocycles. The van der Waals surface area contributed by atoms with Crippen LogP contribution in [-0.2, 0) is 9.53 Å². The van der Waals surface area contributed by atoms with Crippen molar-refractivity contribution < 1.29 is 9.53 Å². The Morgan fingerprint density at radius 2 is 1.75 bits per heavy atom. The van der Waals surface area contributed by atoms with Crippen LogP contribution in [0.25, 0.3) is 0 Å². The average molecular weight is 246 g/mol. The molecule has 0 aliphatic heterocycles. The van der Waals surface area contributed by atoms with Crippen molar-refractivity contribution in [3.63, 3.8) is 0 Å². The monoisotopic (exact) mass is 246 g/mol. The van der Waals surface area contributed by atoms with E-state index >= 15 is 0 Å². The number of carbonyl (C=O) groups is 1. The van der Waals surface area contributed by atoms with Gasteiger partial charge >= 0.3 is 5.97 Å². The highest BCUT2D eigenvalue weighted by Crippen LogP contribution is 2.06. The minimum Gasteiger partial charge on any atom is -0.466 e. The van der Waals surface area contributed by atoms with Crippen LogP contribution >= 0.6 is 11.8 Å².